The molecule has 1 aliphatic carbocycles. The smallest absolute Gasteiger partial charge is 0.0399 e. The molecular weight excluding hydrogens is 244 g/mol. The number of benzene rings is 1. The summed E-state index contributed by atoms with van der Waals surface area (Å²) in [6, 6.07) is 7.53. The lowest BCUT2D eigenvalue weighted by Gasteiger charge is -2.28. The van der Waals surface area contributed by atoms with Crippen molar-refractivity contribution < 1.29 is 0 Å². The summed E-state index contributed by atoms with van der Waals surface area (Å²) >= 11 is 0. The molecule has 1 fully saturated rings. The van der Waals surface area contributed by atoms with E-state index in [-0.39, 0.29) is 0 Å². The molecule has 2 heteroatoms. The summed E-state index contributed by atoms with van der Waals surface area (Å²) in [5, 5.41) is 3.34. The third-order valence-electron chi connectivity index (χ3n) is 5.23. The average molecular weight is 272 g/mol. The molecule has 0 bridgehead atoms. The summed E-state index contributed by atoms with van der Waals surface area (Å²) in [4.78, 5) is 2.64. The summed E-state index contributed by atoms with van der Waals surface area (Å²) in [5.74, 6) is 0.936. The van der Waals surface area contributed by atoms with E-state index in [0.29, 0.717) is 6.04 Å². The molecule has 1 aromatic carbocycles. The second kappa shape index (κ2) is 6.17. The van der Waals surface area contributed by atoms with Gasteiger partial charge in [-0.3, -0.25) is 0 Å². The Morgan fingerprint density at radius 2 is 2.05 bits per heavy atom. The zero-order valence-corrected chi connectivity index (χ0v) is 13.0. The quantitative estimate of drug-likeness (QED) is 0.894. The van der Waals surface area contributed by atoms with Crippen LogP contribution in [0.4, 0.5) is 5.69 Å². The Balaban J connectivity index is 1.70. The minimum Gasteiger partial charge on any atom is -0.371 e. The molecule has 0 radical (unpaired) electrons. The number of nitrogens with one attached hydrogen (secondary N) is 1. The third-order valence-corrected chi connectivity index (χ3v) is 5.23. The monoisotopic (exact) mass is 272 g/mol. The Labute approximate surface area is 123 Å². The molecule has 0 saturated heterocycles. The summed E-state index contributed by atoms with van der Waals surface area (Å²) < 4.78 is 0. The minimum absolute atomic E-state index is 0.452. The SMILES string of the molecule is CNC(C)c1ccc2c(c1)CCN2CC1CCCCC1. The van der Waals surface area contributed by atoms with Crippen LogP contribution in [0.15, 0.2) is 18.2 Å². The second-order valence-corrected chi connectivity index (χ2v) is 6.60. The number of fused-ring (bicyclic) bond motifs is 1. The lowest BCUT2D eigenvalue weighted by atomic mass is 9.89. The van der Waals surface area contributed by atoms with Gasteiger partial charge < -0.3 is 10.2 Å². The van der Waals surface area contributed by atoms with Crippen molar-refractivity contribution in [3.8, 4) is 0 Å². The Bertz CT molecular complexity index is 449. The Morgan fingerprint density at radius 3 is 2.80 bits per heavy atom. The number of rotatable bonds is 4. The zero-order valence-electron chi connectivity index (χ0n) is 13.0. The molecule has 0 spiro atoms. The topological polar surface area (TPSA) is 15.3 Å². The number of hydrogen-bond acceptors (Lipinski definition) is 2. The summed E-state index contributed by atoms with van der Waals surface area (Å²) in [5.41, 5.74) is 4.48. The molecule has 1 aliphatic heterocycles. The standard InChI is InChI=1S/C18H28N2/c1-14(19-2)16-8-9-18-17(12-16)10-11-20(18)13-15-6-4-3-5-7-15/h8-9,12,14-15,19H,3-7,10-11,13H2,1-2H3. The minimum atomic E-state index is 0.452. The maximum Gasteiger partial charge on any atom is 0.0399 e. The van der Waals surface area contributed by atoms with Gasteiger partial charge in [0.1, 0.15) is 0 Å². The van der Waals surface area contributed by atoms with Gasteiger partial charge in [-0.05, 0) is 56.3 Å². The maximum absolute atomic E-state index is 3.34. The van der Waals surface area contributed by atoms with E-state index in [1.54, 1.807) is 5.56 Å². The summed E-state index contributed by atoms with van der Waals surface area (Å²) in [6.45, 7) is 4.74. The van der Waals surface area contributed by atoms with Gasteiger partial charge in [0.15, 0.2) is 0 Å². The first-order valence-corrected chi connectivity index (χ1v) is 8.33. The van der Waals surface area contributed by atoms with E-state index < -0.39 is 0 Å². The van der Waals surface area contributed by atoms with Crippen molar-refractivity contribution in [2.24, 2.45) is 5.92 Å². The molecule has 0 aromatic heterocycles. The highest BCUT2D eigenvalue weighted by molar-refractivity contribution is 5.59. The summed E-state index contributed by atoms with van der Waals surface area (Å²) in [7, 11) is 2.03. The van der Waals surface area contributed by atoms with Gasteiger partial charge in [0.05, 0.1) is 0 Å². The molecule has 1 N–H and O–H groups in total. The first-order valence-electron chi connectivity index (χ1n) is 8.33. The van der Waals surface area contributed by atoms with E-state index in [1.165, 1.54) is 62.9 Å². The van der Waals surface area contributed by atoms with Gasteiger partial charge in [-0.1, -0.05) is 31.4 Å². The van der Waals surface area contributed by atoms with E-state index in [2.05, 4.69) is 35.3 Å². The Morgan fingerprint density at radius 1 is 1.25 bits per heavy atom. The molecule has 1 atom stereocenters. The van der Waals surface area contributed by atoms with Gasteiger partial charge in [0, 0.05) is 24.8 Å². The van der Waals surface area contributed by atoms with E-state index in [4.69, 9.17) is 0 Å². The van der Waals surface area contributed by atoms with Crippen molar-refractivity contribution in [1.29, 1.82) is 0 Å². The molecule has 3 rings (SSSR count). The van der Waals surface area contributed by atoms with Gasteiger partial charge in [0.25, 0.3) is 0 Å². The first kappa shape index (κ1) is 13.9. The predicted molar refractivity (Wildman–Crippen MR) is 86.4 cm³/mol. The van der Waals surface area contributed by atoms with Gasteiger partial charge in [0.2, 0.25) is 0 Å². The number of nitrogens with zero attached hydrogens (tertiary/aromatic N) is 1. The molecular formula is C18H28N2. The van der Waals surface area contributed by atoms with Gasteiger partial charge in [-0.2, -0.15) is 0 Å². The van der Waals surface area contributed by atoms with Crippen LogP contribution in [0, 0.1) is 5.92 Å². The van der Waals surface area contributed by atoms with Gasteiger partial charge >= 0.3 is 0 Å². The maximum atomic E-state index is 3.34. The van der Waals surface area contributed by atoms with Crippen LogP contribution in [0.3, 0.4) is 0 Å². The van der Waals surface area contributed by atoms with Crippen molar-refractivity contribution in [1.82, 2.24) is 5.32 Å². The largest absolute Gasteiger partial charge is 0.371 e. The predicted octanol–water partition coefficient (Wildman–Crippen LogP) is 3.91. The lowest BCUT2D eigenvalue weighted by molar-refractivity contribution is 0.360. The van der Waals surface area contributed by atoms with Crippen LogP contribution in [-0.2, 0) is 6.42 Å². The van der Waals surface area contributed by atoms with Crippen molar-refractivity contribution in [2.75, 3.05) is 25.0 Å². The van der Waals surface area contributed by atoms with Crippen molar-refractivity contribution >= 4 is 5.69 Å². The molecule has 2 nitrogen and oxygen atoms in total. The van der Waals surface area contributed by atoms with E-state index in [0.717, 1.165) is 5.92 Å². The number of hydrogen-bond donors (Lipinski definition) is 1. The molecule has 1 heterocycles. The fourth-order valence-electron chi connectivity index (χ4n) is 3.80. The second-order valence-electron chi connectivity index (χ2n) is 6.60. The molecule has 110 valence electrons. The van der Waals surface area contributed by atoms with Gasteiger partial charge in [-0.25, -0.2) is 0 Å². The Kier molecular flexibility index (Phi) is 4.30. The van der Waals surface area contributed by atoms with Crippen LogP contribution in [0.5, 0.6) is 0 Å². The molecule has 20 heavy (non-hydrogen) atoms. The molecule has 0 amide bonds. The van der Waals surface area contributed by atoms with E-state index in [1.807, 2.05) is 7.05 Å². The van der Waals surface area contributed by atoms with Crippen molar-refractivity contribution in [2.45, 2.75) is 51.5 Å². The van der Waals surface area contributed by atoms with Crippen LogP contribution < -0.4 is 10.2 Å². The van der Waals surface area contributed by atoms with Crippen LogP contribution in [0.1, 0.15) is 56.2 Å². The highest BCUT2D eigenvalue weighted by Gasteiger charge is 2.23. The number of anilines is 1. The molecule has 1 unspecified atom stereocenters. The van der Waals surface area contributed by atoms with Gasteiger partial charge in [-0.15, -0.1) is 0 Å². The van der Waals surface area contributed by atoms with E-state index in [9.17, 15) is 0 Å². The van der Waals surface area contributed by atoms with Crippen LogP contribution in [0.25, 0.3) is 0 Å². The fraction of sp³-hybridized carbons (Fsp3) is 0.667. The van der Waals surface area contributed by atoms with Crippen LogP contribution >= 0.6 is 0 Å². The van der Waals surface area contributed by atoms with E-state index >= 15 is 0 Å². The zero-order chi connectivity index (χ0) is 13.9. The van der Waals surface area contributed by atoms with Crippen LogP contribution in [0.2, 0.25) is 0 Å². The highest BCUT2D eigenvalue weighted by atomic mass is 15.1. The highest BCUT2D eigenvalue weighted by Crippen LogP contribution is 2.33. The fourth-order valence-corrected chi connectivity index (χ4v) is 3.80. The average Bonchev–Trinajstić information content (AvgIpc) is 2.90. The third kappa shape index (κ3) is 2.85. The van der Waals surface area contributed by atoms with Crippen LogP contribution in [-0.4, -0.2) is 20.1 Å². The molecule has 2 aliphatic rings. The first-order chi connectivity index (χ1) is 9.78. The normalized spacial score (nSPS) is 21.0. The molecule has 1 aromatic rings. The Hall–Kier alpha value is -1.02. The van der Waals surface area contributed by atoms with Crippen molar-refractivity contribution in [3.05, 3.63) is 29.3 Å². The lowest BCUT2D eigenvalue weighted by Crippen LogP contribution is -2.28. The molecule has 1 saturated carbocycles. The van der Waals surface area contributed by atoms with Crippen molar-refractivity contribution in [3.63, 3.8) is 0 Å². The summed E-state index contributed by atoms with van der Waals surface area (Å²) in [6.07, 6.45) is 8.47.